The number of carbonyl (C=O) groups is 1. The molecule has 2 aromatic heterocycles. The van der Waals surface area contributed by atoms with Crippen LogP contribution in [0.3, 0.4) is 0 Å². The Kier molecular flexibility index (Phi) is 5.42. The normalized spacial score (nSPS) is 13.6. The number of aryl methyl sites for hydroxylation is 1. The Balaban J connectivity index is 1.49. The molecule has 0 unspecified atom stereocenters. The molecule has 6 rings (SSSR count). The molecule has 2 heterocycles. The van der Waals surface area contributed by atoms with Crippen molar-refractivity contribution in [1.82, 2.24) is 9.55 Å². The van der Waals surface area contributed by atoms with Crippen molar-refractivity contribution in [1.29, 1.82) is 0 Å². The Labute approximate surface area is 202 Å². The lowest BCUT2D eigenvalue weighted by atomic mass is 10.0. The predicted molar refractivity (Wildman–Crippen MR) is 139 cm³/mol. The molecular weight excluding hydrogens is 440 g/mol. The van der Waals surface area contributed by atoms with E-state index in [4.69, 9.17) is 9.72 Å². The van der Waals surface area contributed by atoms with Gasteiger partial charge in [0.1, 0.15) is 10.8 Å². The molecule has 5 heteroatoms. The maximum absolute atomic E-state index is 12.6. The van der Waals surface area contributed by atoms with Crippen LogP contribution in [0.2, 0.25) is 0 Å². The SMILES string of the molecule is CCc1cccc2c1c(-c1nc3ccccc3s1)c(C=O)n2Cc1cccc(OCC2CC2)c1. The number of benzene rings is 3. The molecule has 0 spiro atoms. The molecular formula is C29H26N2O2S. The average molecular weight is 467 g/mol. The molecule has 34 heavy (non-hydrogen) atoms. The molecule has 0 N–H and O–H groups in total. The van der Waals surface area contributed by atoms with E-state index in [-0.39, 0.29) is 0 Å². The Morgan fingerprint density at radius 2 is 1.94 bits per heavy atom. The highest BCUT2D eigenvalue weighted by Crippen LogP contribution is 2.40. The van der Waals surface area contributed by atoms with Crippen molar-refractivity contribution in [2.75, 3.05) is 6.61 Å². The summed E-state index contributed by atoms with van der Waals surface area (Å²) in [5.74, 6) is 1.61. The summed E-state index contributed by atoms with van der Waals surface area (Å²) in [5, 5.41) is 2.03. The Morgan fingerprint density at radius 1 is 1.09 bits per heavy atom. The van der Waals surface area contributed by atoms with Gasteiger partial charge >= 0.3 is 0 Å². The lowest BCUT2D eigenvalue weighted by Gasteiger charge is -2.11. The molecule has 1 fully saturated rings. The van der Waals surface area contributed by atoms with Gasteiger partial charge in [0.15, 0.2) is 6.29 Å². The number of aromatic nitrogens is 2. The Morgan fingerprint density at radius 3 is 2.74 bits per heavy atom. The summed E-state index contributed by atoms with van der Waals surface area (Å²) in [7, 11) is 0. The number of ether oxygens (including phenoxy) is 1. The van der Waals surface area contributed by atoms with E-state index in [1.807, 2.05) is 30.3 Å². The van der Waals surface area contributed by atoms with Crippen LogP contribution in [0.25, 0.3) is 31.7 Å². The minimum absolute atomic E-state index is 0.600. The summed E-state index contributed by atoms with van der Waals surface area (Å²) in [4.78, 5) is 17.5. The van der Waals surface area contributed by atoms with Crippen molar-refractivity contribution in [3.63, 3.8) is 0 Å². The number of fused-ring (bicyclic) bond motifs is 2. The van der Waals surface area contributed by atoms with Crippen molar-refractivity contribution < 1.29 is 9.53 Å². The largest absolute Gasteiger partial charge is 0.493 e. The fraction of sp³-hybridized carbons (Fsp3) is 0.241. The monoisotopic (exact) mass is 466 g/mol. The smallest absolute Gasteiger partial charge is 0.167 e. The van der Waals surface area contributed by atoms with E-state index in [0.717, 1.165) is 62.3 Å². The van der Waals surface area contributed by atoms with E-state index in [9.17, 15) is 4.79 Å². The van der Waals surface area contributed by atoms with Crippen molar-refractivity contribution in [2.24, 2.45) is 5.92 Å². The first kappa shape index (κ1) is 21.1. The fourth-order valence-electron chi connectivity index (χ4n) is 4.69. The summed E-state index contributed by atoms with van der Waals surface area (Å²) in [6.07, 6.45) is 4.43. The molecule has 4 nitrogen and oxygen atoms in total. The van der Waals surface area contributed by atoms with E-state index < -0.39 is 0 Å². The van der Waals surface area contributed by atoms with Gasteiger partial charge in [0, 0.05) is 23.0 Å². The van der Waals surface area contributed by atoms with Gasteiger partial charge in [-0.25, -0.2) is 4.98 Å². The maximum Gasteiger partial charge on any atom is 0.167 e. The number of rotatable bonds is 8. The van der Waals surface area contributed by atoms with Gasteiger partial charge < -0.3 is 9.30 Å². The van der Waals surface area contributed by atoms with Crippen LogP contribution in [0.15, 0.2) is 66.7 Å². The third kappa shape index (κ3) is 3.80. The zero-order chi connectivity index (χ0) is 23.1. The van der Waals surface area contributed by atoms with Crippen LogP contribution in [-0.2, 0) is 13.0 Å². The number of thiazole rings is 1. The topological polar surface area (TPSA) is 44.1 Å². The third-order valence-corrected chi connectivity index (χ3v) is 7.69. The highest BCUT2D eigenvalue weighted by atomic mass is 32.1. The molecule has 3 aromatic carbocycles. The van der Waals surface area contributed by atoms with Crippen LogP contribution in [0.4, 0.5) is 0 Å². The number of hydrogen-bond acceptors (Lipinski definition) is 4. The van der Waals surface area contributed by atoms with Crippen LogP contribution in [0.5, 0.6) is 5.75 Å². The summed E-state index contributed by atoms with van der Waals surface area (Å²) in [5.41, 5.74) is 6.01. The molecule has 0 saturated heterocycles. The highest BCUT2D eigenvalue weighted by Gasteiger charge is 2.24. The quantitative estimate of drug-likeness (QED) is 0.229. The lowest BCUT2D eigenvalue weighted by molar-refractivity contribution is 0.111. The third-order valence-electron chi connectivity index (χ3n) is 6.64. The molecule has 170 valence electrons. The van der Waals surface area contributed by atoms with Gasteiger partial charge in [0.2, 0.25) is 0 Å². The molecule has 1 aliphatic rings. The van der Waals surface area contributed by atoms with Crippen LogP contribution in [-0.4, -0.2) is 22.4 Å². The second kappa shape index (κ2) is 8.73. The van der Waals surface area contributed by atoms with Crippen LogP contribution >= 0.6 is 11.3 Å². The molecule has 5 aromatic rings. The van der Waals surface area contributed by atoms with Gasteiger partial charge in [-0.1, -0.05) is 43.3 Å². The number of aldehydes is 1. The highest BCUT2D eigenvalue weighted by molar-refractivity contribution is 7.21. The summed E-state index contributed by atoms with van der Waals surface area (Å²) in [6.45, 7) is 3.55. The van der Waals surface area contributed by atoms with Gasteiger partial charge in [0.05, 0.1) is 22.5 Å². The van der Waals surface area contributed by atoms with Gasteiger partial charge in [-0.15, -0.1) is 11.3 Å². The lowest BCUT2D eigenvalue weighted by Crippen LogP contribution is -2.05. The molecule has 0 amide bonds. The van der Waals surface area contributed by atoms with E-state index in [0.29, 0.717) is 18.2 Å². The van der Waals surface area contributed by atoms with Crippen LogP contribution in [0.1, 0.15) is 41.4 Å². The summed E-state index contributed by atoms with van der Waals surface area (Å²) < 4.78 is 9.28. The predicted octanol–water partition coefficient (Wildman–Crippen LogP) is 7.13. The Hall–Kier alpha value is -3.44. The molecule has 0 bridgehead atoms. The maximum atomic E-state index is 12.6. The number of nitrogens with zero attached hydrogens (tertiary/aromatic N) is 2. The van der Waals surface area contributed by atoms with Crippen LogP contribution < -0.4 is 4.74 Å². The van der Waals surface area contributed by atoms with Crippen LogP contribution in [0, 0.1) is 5.92 Å². The first-order chi connectivity index (χ1) is 16.7. The van der Waals surface area contributed by atoms with Gasteiger partial charge in [-0.05, 0) is 66.6 Å². The Bertz CT molecular complexity index is 1480. The fourth-order valence-corrected chi connectivity index (χ4v) is 5.72. The first-order valence-electron chi connectivity index (χ1n) is 11.9. The van der Waals surface area contributed by atoms with E-state index in [1.54, 1.807) is 11.3 Å². The summed E-state index contributed by atoms with van der Waals surface area (Å²) in [6, 6.07) is 22.8. The van der Waals surface area contributed by atoms with Crippen molar-refractivity contribution in [2.45, 2.75) is 32.7 Å². The van der Waals surface area contributed by atoms with E-state index in [1.165, 1.54) is 18.4 Å². The molecule has 0 atom stereocenters. The second-order valence-corrected chi connectivity index (χ2v) is 10.0. The molecule has 1 saturated carbocycles. The molecule has 1 aliphatic carbocycles. The first-order valence-corrected chi connectivity index (χ1v) is 12.7. The minimum Gasteiger partial charge on any atom is -0.493 e. The number of carbonyl (C=O) groups excluding carboxylic acids is 1. The van der Waals surface area contributed by atoms with Gasteiger partial charge in [-0.3, -0.25) is 4.79 Å². The van der Waals surface area contributed by atoms with E-state index in [2.05, 4.69) is 47.9 Å². The molecule has 0 radical (unpaired) electrons. The minimum atomic E-state index is 0.600. The van der Waals surface area contributed by atoms with Crippen molar-refractivity contribution in [3.8, 4) is 16.3 Å². The zero-order valence-electron chi connectivity index (χ0n) is 19.2. The number of hydrogen-bond donors (Lipinski definition) is 0. The van der Waals surface area contributed by atoms with Gasteiger partial charge in [-0.2, -0.15) is 0 Å². The van der Waals surface area contributed by atoms with Gasteiger partial charge in [0.25, 0.3) is 0 Å². The summed E-state index contributed by atoms with van der Waals surface area (Å²) >= 11 is 1.65. The zero-order valence-corrected chi connectivity index (χ0v) is 20.0. The average Bonchev–Trinajstić information content (AvgIpc) is 3.52. The van der Waals surface area contributed by atoms with Crippen molar-refractivity contribution >= 4 is 38.7 Å². The molecule has 0 aliphatic heterocycles. The standard InChI is InChI=1S/C29H26N2O2S/c1-2-21-8-6-11-24-27(21)28(29-30-23-10-3-4-12-26(23)34-29)25(17-32)31(24)16-20-7-5-9-22(15-20)33-18-19-13-14-19/h3-12,15,17,19H,2,13-14,16,18H2,1H3. The number of para-hydroxylation sites is 1. The van der Waals surface area contributed by atoms with Crippen molar-refractivity contribution in [3.05, 3.63) is 83.6 Å². The second-order valence-electron chi connectivity index (χ2n) is 9.02. The van der Waals surface area contributed by atoms with E-state index >= 15 is 0 Å².